The number of urea groups is 1. The molecule has 2 N–H and O–H groups in total. The molecule has 0 spiro atoms. The summed E-state index contributed by atoms with van der Waals surface area (Å²) in [5.41, 5.74) is 2.04. The second-order valence-electron chi connectivity index (χ2n) is 7.22. The molecule has 1 atom stereocenters. The molecule has 1 heterocycles. The Morgan fingerprint density at radius 2 is 1.85 bits per heavy atom. The Bertz CT molecular complexity index is 696. The van der Waals surface area contributed by atoms with Crippen LogP contribution in [-0.4, -0.2) is 23.4 Å². The Hall–Kier alpha value is -1.95. The Balaban J connectivity index is 2.40. The van der Waals surface area contributed by atoms with Crippen LogP contribution in [0.4, 0.5) is 4.79 Å². The third kappa shape index (κ3) is 6.03. The molecular formula is C21H30N2O3S. The van der Waals surface area contributed by atoms with Crippen LogP contribution < -0.4 is 10.6 Å². The van der Waals surface area contributed by atoms with Crippen molar-refractivity contribution in [2.24, 2.45) is 0 Å². The van der Waals surface area contributed by atoms with Crippen molar-refractivity contribution in [1.29, 1.82) is 0 Å². The summed E-state index contributed by atoms with van der Waals surface area (Å²) in [5, 5.41) is 6.20. The number of unbranched alkanes of at least 4 members (excludes halogenated alkanes) is 1. The van der Waals surface area contributed by atoms with E-state index in [1.54, 1.807) is 11.8 Å². The Labute approximate surface area is 166 Å². The standard InChI is InChI=1S/C21H30N2O3S/c1-6-7-8-17-18(20(24)26-13(2)3)19(23-21(25)22-17)15-9-11-16(12-10-15)27-14(4)5/h9-14,19H,6-8H2,1-5H3,(H2,22,23,25). The van der Waals surface area contributed by atoms with Crippen LogP contribution >= 0.6 is 11.8 Å². The highest BCUT2D eigenvalue weighted by Crippen LogP contribution is 2.31. The molecule has 2 amide bonds. The molecule has 1 unspecified atom stereocenters. The second kappa shape index (κ2) is 9.83. The molecule has 148 valence electrons. The molecule has 0 fully saturated rings. The molecule has 27 heavy (non-hydrogen) atoms. The molecule has 1 aliphatic rings. The molecule has 0 aromatic heterocycles. The van der Waals surface area contributed by atoms with Gasteiger partial charge in [0.05, 0.1) is 17.7 Å². The van der Waals surface area contributed by atoms with Gasteiger partial charge in [-0.1, -0.05) is 39.3 Å². The van der Waals surface area contributed by atoms with Gasteiger partial charge in [0.2, 0.25) is 0 Å². The number of nitrogens with one attached hydrogen (secondary N) is 2. The lowest BCUT2D eigenvalue weighted by Gasteiger charge is -2.30. The molecule has 1 aliphatic heterocycles. The fourth-order valence-corrected chi connectivity index (χ4v) is 3.79. The van der Waals surface area contributed by atoms with Crippen LogP contribution in [-0.2, 0) is 9.53 Å². The van der Waals surface area contributed by atoms with Gasteiger partial charge in [0.15, 0.2) is 0 Å². The maximum Gasteiger partial charge on any atom is 0.338 e. The van der Waals surface area contributed by atoms with Crippen molar-refractivity contribution in [1.82, 2.24) is 10.6 Å². The number of amides is 2. The smallest absolute Gasteiger partial charge is 0.338 e. The molecule has 0 saturated carbocycles. The molecule has 1 aromatic carbocycles. The van der Waals surface area contributed by atoms with E-state index in [4.69, 9.17) is 4.74 Å². The lowest BCUT2D eigenvalue weighted by molar-refractivity contribution is -0.143. The zero-order valence-electron chi connectivity index (χ0n) is 16.8. The van der Waals surface area contributed by atoms with E-state index in [0.29, 0.717) is 22.9 Å². The average Bonchev–Trinajstić information content (AvgIpc) is 2.58. The summed E-state index contributed by atoms with van der Waals surface area (Å²) in [5.74, 6) is -0.380. The topological polar surface area (TPSA) is 67.4 Å². The summed E-state index contributed by atoms with van der Waals surface area (Å²) < 4.78 is 5.47. The van der Waals surface area contributed by atoms with Gasteiger partial charge in [-0.15, -0.1) is 11.8 Å². The molecule has 0 bridgehead atoms. The number of hydrogen-bond acceptors (Lipinski definition) is 4. The third-order valence-electron chi connectivity index (χ3n) is 4.08. The molecule has 0 saturated heterocycles. The zero-order valence-corrected chi connectivity index (χ0v) is 17.6. The monoisotopic (exact) mass is 390 g/mol. The number of esters is 1. The molecule has 0 aliphatic carbocycles. The number of hydrogen-bond donors (Lipinski definition) is 2. The summed E-state index contributed by atoms with van der Waals surface area (Å²) in [6, 6.07) is 7.22. The highest BCUT2D eigenvalue weighted by Gasteiger charge is 2.33. The van der Waals surface area contributed by atoms with Crippen molar-refractivity contribution in [3.05, 3.63) is 41.1 Å². The van der Waals surface area contributed by atoms with Crippen LogP contribution in [0.5, 0.6) is 0 Å². The minimum absolute atomic E-state index is 0.222. The molecule has 5 nitrogen and oxygen atoms in total. The van der Waals surface area contributed by atoms with Crippen molar-refractivity contribution >= 4 is 23.8 Å². The van der Waals surface area contributed by atoms with Crippen LogP contribution in [0.1, 0.15) is 65.5 Å². The fourth-order valence-electron chi connectivity index (χ4n) is 2.95. The van der Waals surface area contributed by atoms with Gasteiger partial charge < -0.3 is 15.4 Å². The largest absolute Gasteiger partial charge is 0.459 e. The summed E-state index contributed by atoms with van der Waals surface area (Å²) in [6.45, 7) is 10.0. The van der Waals surface area contributed by atoms with Gasteiger partial charge in [-0.3, -0.25) is 0 Å². The molecule has 6 heteroatoms. The molecule has 0 radical (unpaired) electrons. The van der Waals surface area contributed by atoms with E-state index in [0.717, 1.165) is 23.3 Å². The average molecular weight is 391 g/mol. The number of benzene rings is 1. The first kappa shape index (κ1) is 21.4. The van der Waals surface area contributed by atoms with Gasteiger partial charge >= 0.3 is 12.0 Å². The third-order valence-corrected chi connectivity index (χ3v) is 5.10. The van der Waals surface area contributed by atoms with Gasteiger partial charge in [0, 0.05) is 15.8 Å². The first-order chi connectivity index (χ1) is 12.8. The summed E-state index contributed by atoms with van der Waals surface area (Å²) in [6.07, 6.45) is 2.29. The van der Waals surface area contributed by atoms with E-state index >= 15 is 0 Å². The van der Waals surface area contributed by atoms with Gasteiger partial charge in [0.25, 0.3) is 0 Å². The van der Waals surface area contributed by atoms with Gasteiger partial charge in [0.1, 0.15) is 0 Å². The Morgan fingerprint density at radius 3 is 2.41 bits per heavy atom. The van der Waals surface area contributed by atoms with E-state index in [9.17, 15) is 9.59 Å². The van der Waals surface area contributed by atoms with Crippen molar-refractivity contribution in [3.63, 3.8) is 0 Å². The lowest BCUT2D eigenvalue weighted by atomic mass is 9.93. The Kier molecular flexibility index (Phi) is 7.78. The van der Waals surface area contributed by atoms with Crippen LogP contribution in [0, 0.1) is 0 Å². The Morgan fingerprint density at radius 1 is 1.19 bits per heavy atom. The van der Waals surface area contributed by atoms with E-state index in [2.05, 4.69) is 31.4 Å². The summed E-state index contributed by atoms with van der Waals surface area (Å²) in [7, 11) is 0. The maximum atomic E-state index is 12.8. The number of thioether (sulfide) groups is 1. The van der Waals surface area contributed by atoms with Crippen LogP contribution in [0.15, 0.2) is 40.4 Å². The van der Waals surface area contributed by atoms with Crippen molar-refractivity contribution in [3.8, 4) is 0 Å². The first-order valence-electron chi connectivity index (χ1n) is 9.60. The van der Waals surface area contributed by atoms with E-state index < -0.39 is 6.04 Å². The van der Waals surface area contributed by atoms with Crippen molar-refractivity contribution in [2.45, 2.75) is 76.2 Å². The van der Waals surface area contributed by atoms with Crippen LogP contribution in [0.3, 0.4) is 0 Å². The minimum Gasteiger partial charge on any atom is -0.459 e. The van der Waals surface area contributed by atoms with Gasteiger partial charge in [-0.2, -0.15) is 0 Å². The van der Waals surface area contributed by atoms with E-state index in [1.165, 1.54) is 0 Å². The lowest BCUT2D eigenvalue weighted by Crippen LogP contribution is -2.46. The zero-order chi connectivity index (χ0) is 20.0. The number of rotatable bonds is 8. The number of ether oxygens (including phenoxy) is 1. The highest BCUT2D eigenvalue weighted by molar-refractivity contribution is 7.99. The van der Waals surface area contributed by atoms with E-state index in [1.807, 2.05) is 38.1 Å². The maximum absolute atomic E-state index is 12.8. The van der Waals surface area contributed by atoms with Crippen LogP contribution in [0.25, 0.3) is 0 Å². The molecule has 1 aromatic rings. The van der Waals surface area contributed by atoms with Crippen molar-refractivity contribution in [2.75, 3.05) is 0 Å². The predicted octanol–water partition coefficient (Wildman–Crippen LogP) is 4.94. The number of carbonyl (C=O) groups is 2. The second-order valence-corrected chi connectivity index (χ2v) is 8.87. The SMILES string of the molecule is CCCCC1=C(C(=O)OC(C)C)C(c2ccc(SC(C)C)cc2)NC(=O)N1. The fraction of sp³-hybridized carbons (Fsp3) is 0.524. The number of allylic oxidation sites excluding steroid dienone is 1. The molecule has 2 rings (SSSR count). The predicted molar refractivity (Wildman–Crippen MR) is 110 cm³/mol. The van der Waals surface area contributed by atoms with Gasteiger partial charge in [-0.25, -0.2) is 9.59 Å². The van der Waals surface area contributed by atoms with Crippen LogP contribution in [0.2, 0.25) is 0 Å². The minimum atomic E-state index is -0.505. The quantitative estimate of drug-likeness (QED) is 0.487. The summed E-state index contributed by atoms with van der Waals surface area (Å²) in [4.78, 5) is 26.2. The first-order valence-corrected chi connectivity index (χ1v) is 10.5. The van der Waals surface area contributed by atoms with E-state index in [-0.39, 0.29) is 18.1 Å². The van der Waals surface area contributed by atoms with Gasteiger partial charge in [-0.05, 0) is 44.4 Å². The normalized spacial score (nSPS) is 17.1. The van der Waals surface area contributed by atoms with Crippen molar-refractivity contribution < 1.29 is 14.3 Å². The molecular weight excluding hydrogens is 360 g/mol. The summed E-state index contributed by atoms with van der Waals surface area (Å²) >= 11 is 1.78. The number of carbonyl (C=O) groups excluding carboxylic acids is 2. The highest BCUT2D eigenvalue weighted by atomic mass is 32.2.